The molecule has 2 aromatic heterocycles. The molecule has 0 aliphatic carbocycles. The first-order chi connectivity index (χ1) is 14.6. The quantitative estimate of drug-likeness (QED) is 0.549. The van der Waals surface area contributed by atoms with Gasteiger partial charge in [-0.15, -0.1) is 5.10 Å². The van der Waals surface area contributed by atoms with Gasteiger partial charge in [0.2, 0.25) is 4.96 Å². The van der Waals surface area contributed by atoms with Gasteiger partial charge in [-0.1, -0.05) is 0 Å². The van der Waals surface area contributed by atoms with Gasteiger partial charge in [-0.2, -0.15) is 0 Å². The van der Waals surface area contributed by atoms with Crippen molar-refractivity contribution in [1.82, 2.24) is 19.5 Å². The number of aromatic nitrogens is 3. The summed E-state index contributed by atoms with van der Waals surface area (Å²) in [5, 5.41) is 4.99. The van der Waals surface area contributed by atoms with Crippen LogP contribution in [-0.2, 0) is 9.84 Å². The number of benzene rings is 1. The predicted octanol–water partition coefficient (Wildman–Crippen LogP) is 3.89. The minimum Gasteiger partial charge on any atom is -0.466 e. The Labute approximate surface area is 185 Å². The highest BCUT2D eigenvalue weighted by Crippen LogP contribution is 2.31. The van der Waals surface area contributed by atoms with E-state index in [2.05, 4.69) is 35.8 Å². The number of nitrogens with zero attached hydrogens (tertiary/aromatic N) is 4. The number of ether oxygens (including phenoxy) is 1. The molecule has 0 bridgehead atoms. The molecule has 10 heteroatoms. The Morgan fingerprint density at radius 2 is 1.94 bits per heavy atom. The summed E-state index contributed by atoms with van der Waals surface area (Å²) in [7, 11) is -3.47. The van der Waals surface area contributed by atoms with Gasteiger partial charge >= 0.3 is 0 Å². The smallest absolute Gasteiger partial charge is 0.294 e. The number of rotatable bonds is 6. The molecule has 7 nitrogen and oxygen atoms in total. The van der Waals surface area contributed by atoms with Crippen LogP contribution in [0.15, 0.2) is 29.3 Å². The SMILES string of the molecule is CC(Oc1nn2cc(-c3ccc(S(C)(=O)=O)cc3F)nc2s1)C1CCN(C(C)C)CC1. The molecule has 0 saturated carbocycles. The number of sulfone groups is 1. The van der Waals surface area contributed by atoms with Gasteiger partial charge in [-0.3, -0.25) is 0 Å². The van der Waals surface area contributed by atoms with Crippen molar-refractivity contribution >= 4 is 26.1 Å². The van der Waals surface area contributed by atoms with Crippen LogP contribution in [0, 0.1) is 11.7 Å². The van der Waals surface area contributed by atoms with Crippen LogP contribution in [0.4, 0.5) is 4.39 Å². The molecule has 168 valence electrons. The molecule has 0 N–H and O–H groups in total. The lowest BCUT2D eigenvalue weighted by molar-refractivity contribution is 0.0750. The standard InChI is InChI=1S/C21H27FN4O3S2/c1-13(2)25-9-7-15(8-10-25)14(3)29-21-24-26-12-19(23-20(26)30-21)17-6-5-16(11-18(17)22)31(4,27)28/h5-6,11-15H,7-10H2,1-4H3. The second-order valence-electron chi connectivity index (χ2n) is 8.43. The van der Waals surface area contributed by atoms with Gasteiger partial charge in [0.1, 0.15) is 11.9 Å². The van der Waals surface area contributed by atoms with Crippen molar-refractivity contribution < 1.29 is 17.5 Å². The maximum Gasteiger partial charge on any atom is 0.294 e. The lowest BCUT2D eigenvalue weighted by Gasteiger charge is -2.36. The lowest BCUT2D eigenvalue weighted by Crippen LogP contribution is -2.41. The second kappa shape index (κ2) is 8.48. The molecule has 1 aliphatic rings. The van der Waals surface area contributed by atoms with Crippen LogP contribution in [0.3, 0.4) is 0 Å². The highest BCUT2D eigenvalue weighted by atomic mass is 32.2. The average molecular weight is 467 g/mol. The first-order valence-corrected chi connectivity index (χ1v) is 13.1. The van der Waals surface area contributed by atoms with E-state index in [9.17, 15) is 12.8 Å². The number of fused-ring (bicyclic) bond motifs is 1. The molecule has 0 amide bonds. The third kappa shape index (κ3) is 4.75. The molecule has 0 radical (unpaired) electrons. The maximum absolute atomic E-state index is 14.5. The minimum atomic E-state index is -3.47. The summed E-state index contributed by atoms with van der Waals surface area (Å²) in [5.74, 6) is -0.143. The van der Waals surface area contributed by atoms with E-state index in [-0.39, 0.29) is 16.6 Å². The van der Waals surface area contributed by atoms with E-state index in [1.807, 2.05) is 0 Å². The molecule has 1 fully saturated rings. The largest absolute Gasteiger partial charge is 0.466 e. The van der Waals surface area contributed by atoms with E-state index in [1.54, 1.807) is 10.7 Å². The summed E-state index contributed by atoms with van der Waals surface area (Å²) >= 11 is 1.31. The fourth-order valence-corrected chi connectivity index (χ4v) is 5.40. The van der Waals surface area contributed by atoms with Crippen molar-refractivity contribution in [3.63, 3.8) is 0 Å². The third-order valence-electron chi connectivity index (χ3n) is 5.92. The third-order valence-corrected chi connectivity index (χ3v) is 7.85. The van der Waals surface area contributed by atoms with Gasteiger partial charge in [0.25, 0.3) is 5.19 Å². The van der Waals surface area contributed by atoms with Crippen LogP contribution in [0.25, 0.3) is 16.2 Å². The van der Waals surface area contributed by atoms with E-state index >= 15 is 0 Å². The van der Waals surface area contributed by atoms with Crippen LogP contribution < -0.4 is 4.74 Å². The number of halogens is 1. The van der Waals surface area contributed by atoms with Gasteiger partial charge in [-0.05, 0) is 82.2 Å². The van der Waals surface area contributed by atoms with Gasteiger partial charge < -0.3 is 9.64 Å². The maximum atomic E-state index is 14.5. The Balaban J connectivity index is 1.46. The van der Waals surface area contributed by atoms with Gasteiger partial charge in [0.15, 0.2) is 9.84 Å². The van der Waals surface area contributed by atoms with Crippen molar-refractivity contribution in [2.45, 2.75) is 50.7 Å². The summed E-state index contributed by atoms with van der Waals surface area (Å²) < 4.78 is 45.4. The first kappa shape index (κ1) is 22.2. The number of imidazole rings is 1. The Morgan fingerprint density at radius 3 is 2.52 bits per heavy atom. The molecule has 0 spiro atoms. The molecule has 4 rings (SSSR count). The molecule has 1 unspecified atom stereocenters. The monoisotopic (exact) mass is 466 g/mol. The highest BCUT2D eigenvalue weighted by molar-refractivity contribution is 7.90. The van der Waals surface area contributed by atoms with Crippen molar-refractivity contribution in [3.05, 3.63) is 30.2 Å². The first-order valence-electron chi connectivity index (χ1n) is 10.4. The number of piperidine rings is 1. The van der Waals surface area contributed by atoms with E-state index in [0.29, 0.717) is 27.8 Å². The van der Waals surface area contributed by atoms with Crippen LogP contribution in [0.2, 0.25) is 0 Å². The van der Waals surface area contributed by atoms with Gasteiger partial charge in [0.05, 0.1) is 16.8 Å². The Morgan fingerprint density at radius 1 is 1.23 bits per heavy atom. The zero-order valence-corrected chi connectivity index (χ0v) is 19.7. The van der Waals surface area contributed by atoms with Crippen molar-refractivity contribution in [2.24, 2.45) is 5.92 Å². The molecular formula is C21H27FN4O3S2. The Hall–Kier alpha value is -2.04. The average Bonchev–Trinajstić information content (AvgIpc) is 3.25. The van der Waals surface area contributed by atoms with Crippen molar-refractivity contribution in [2.75, 3.05) is 19.3 Å². The fourth-order valence-electron chi connectivity index (χ4n) is 3.95. The molecular weight excluding hydrogens is 439 g/mol. The van der Waals surface area contributed by atoms with Crippen LogP contribution in [-0.4, -0.2) is 59.4 Å². The summed E-state index contributed by atoms with van der Waals surface area (Å²) in [6.07, 6.45) is 4.95. The molecule has 31 heavy (non-hydrogen) atoms. The number of hydrogen-bond donors (Lipinski definition) is 0. The topological polar surface area (TPSA) is 76.8 Å². The Bertz CT molecular complexity index is 1150. The van der Waals surface area contributed by atoms with Crippen LogP contribution in [0.5, 0.6) is 5.19 Å². The van der Waals surface area contributed by atoms with Gasteiger partial charge in [-0.25, -0.2) is 22.3 Å². The van der Waals surface area contributed by atoms with E-state index < -0.39 is 15.7 Å². The zero-order valence-electron chi connectivity index (χ0n) is 18.1. The van der Waals surface area contributed by atoms with E-state index in [4.69, 9.17) is 4.74 Å². The molecule has 1 saturated heterocycles. The number of likely N-dealkylation sites (tertiary alicyclic amines) is 1. The molecule has 1 aromatic carbocycles. The fraction of sp³-hybridized carbons (Fsp3) is 0.524. The predicted molar refractivity (Wildman–Crippen MR) is 119 cm³/mol. The molecule has 1 atom stereocenters. The summed E-state index contributed by atoms with van der Waals surface area (Å²) in [6.45, 7) is 8.72. The molecule has 3 aromatic rings. The lowest BCUT2D eigenvalue weighted by atomic mass is 9.91. The minimum absolute atomic E-state index is 0.0585. The Kier molecular flexibility index (Phi) is 6.06. The van der Waals surface area contributed by atoms with Gasteiger partial charge in [0, 0.05) is 17.9 Å². The summed E-state index contributed by atoms with van der Waals surface area (Å²) in [5.41, 5.74) is 0.634. The molecule has 3 heterocycles. The van der Waals surface area contributed by atoms with Crippen molar-refractivity contribution in [3.8, 4) is 16.5 Å². The second-order valence-corrected chi connectivity index (χ2v) is 11.4. The highest BCUT2D eigenvalue weighted by Gasteiger charge is 2.27. The summed E-state index contributed by atoms with van der Waals surface area (Å²) in [6, 6.07) is 4.41. The zero-order chi connectivity index (χ0) is 22.3. The normalized spacial score (nSPS) is 17.5. The summed E-state index contributed by atoms with van der Waals surface area (Å²) in [4.78, 5) is 7.48. The number of hydrogen-bond acceptors (Lipinski definition) is 7. The molecule has 1 aliphatic heterocycles. The van der Waals surface area contributed by atoms with Crippen molar-refractivity contribution in [1.29, 1.82) is 0 Å². The van der Waals surface area contributed by atoms with Crippen LogP contribution >= 0.6 is 11.3 Å². The van der Waals surface area contributed by atoms with E-state index in [0.717, 1.165) is 38.3 Å². The van der Waals surface area contributed by atoms with Crippen LogP contribution in [0.1, 0.15) is 33.6 Å². The van der Waals surface area contributed by atoms with E-state index in [1.165, 1.54) is 23.5 Å².